The number of carbonyl (C=O) groups is 2. The van der Waals surface area contributed by atoms with Gasteiger partial charge in [0.1, 0.15) is 6.04 Å². The molecule has 5 nitrogen and oxygen atoms in total. The maximum absolute atomic E-state index is 11.6. The summed E-state index contributed by atoms with van der Waals surface area (Å²) in [5.41, 5.74) is 2.33. The van der Waals surface area contributed by atoms with E-state index in [1.165, 1.54) is 5.56 Å². The fourth-order valence-corrected chi connectivity index (χ4v) is 1.78. The standard InChI is InChI=1S/C15H22N2O3/c1-10(2)13(14(18)19)17-15(20)16-9-8-12-6-4-11(3)5-7-12/h4-7,10,13H,8-9H2,1-3H3,(H,18,19)(H2,16,17,20). The predicted octanol–water partition coefficient (Wildman–Crippen LogP) is 1.95. The van der Waals surface area contributed by atoms with E-state index < -0.39 is 18.0 Å². The lowest BCUT2D eigenvalue weighted by Gasteiger charge is -2.18. The second-order valence-corrected chi connectivity index (χ2v) is 5.20. The number of urea groups is 1. The van der Waals surface area contributed by atoms with Crippen molar-refractivity contribution in [2.45, 2.75) is 33.2 Å². The lowest BCUT2D eigenvalue weighted by molar-refractivity contribution is -0.140. The summed E-state index contributed by atoms with van der Waals surface area (Å²) in [6, 6.07) is 6.77. The molecule has 0 aliphatic rings. The van der Waals surface area contributed by atoms with Crippen LogP contribution >= 0.6 is 0 Å². The predicted molar refractivity (Wildman–Crippen MR) is 77.7 cm³/mol. The SMILES string of the molecule is Cc1ccc(CCNC(=O)NC(C(=O)O)C(C)C)cc1. The number of carboxylic acids is 1. The van der Waals surface area contributed by atoms with Crippen molar-refractivity contribution < 1.29 is 14.7 Å². The number of carbonyl (C=O) groups excluding carboxylic acids is 1. The van der Waals surface area contributed by atoms with Crippen LogP contribution in [-0.4, -0.2) is 29.7 Å². The van der Waals surface area contributed by atoms with Gasteiger partial charge in [-0.1, -0.05) is 43.7 Å². The molecule has 2 amide bonds. The van der Waals surface area contributed by atoms with Crippen LogP contribution in [0.5, 0.6) is 0 Å². The summed E-state index contributed by atoms with van der Waals surface area (Å²) in [5, 5.41) is 14.1. The van der Waals surface area contributed by atoms with Crippen LogP contribution < -0.4 is 10.6 Å². The summed E-state index contributed by atoms with van der Waals surface area (Å²) in [6.07, 6.45) is 0.715. The third kappa shape index (κ3) is 5.30. The third-order valence-electron chi connectivity index (χ3n) is 3.04. The topological polar surface area (TPSA) is 78.4 Å². The summed E-state index contributed by atoms with van der Waals surface area (Å²) in [7, 11) is 0. The lowest BCUT2D eigenvalue weighted by Crippen LogP contribution is -2.48. The van der Waals surface area contributed by atoms with Crippen LogP contribution in [0.4, 0.5) is 4.79 Å². The Morgan fingerprint density at radius 1 is 1.20 bits per heavy atom. The Hall–Kier alpha value is -2.04. The molecule has 1 aromatic rings. The van der Waals surface area contributed by atoms with Crippen LogP contribution in [0.1, 0.15) is 25.0 Å². The Kier molecular flexibility index (Phi) is 6.03. The third-order valence-corrected chi connectivity index (χ3v) is 3.04. The van der Waals surface area contributed by atoms with Gasteiger partial charge >= 0.3 is 12.0 Å². The minimum absolute atomic E-state index is 0.157. The van der Waals surface area contributed by atoms with Crippen molar-refractivity contribution in [1.82, 2.24) is 10.6 Å². The Bertz CT molecular complexity index is 455. The zero-order valence-electron chi connectivity index (χ0n) is 12.1. The summed E-state index contributed by atoms with van der Waals surface area (Å²) in [5.74, 6) is -1.18. The normalized spacial score (nSPS) is 12.0. The van der Waals surface area contributed by atoms with Gasteiger partial charge < -0.3 is 15.7 Å². The van der Waals surface area contributed by atoms with E-state index in [0.717, 1.165) is 5.56 Å². The van der Waals surface area contributed by atoms with Gasteiger partial charge in [0.15, 0.2) is 0 Å². The first-order chi connectivity index (χ1) is 9.40. The van der Waals surface area contributed by atoms with Gasteiger partial charge in [-0.3, -0.25) is 0 Å². The van der Waals surface area contributed by atoms with Crippen molar-refractivity contribution in [2.75, 3.05) is 6.54 Å². The number of benzene rings is 1. The monoisotopic (exact) mass is 278 g/mol. The summed E-state index contributed by atoms with van der Waals surface area (Å²) in [4.78, 5) is 22.6. The molecule has 0 aliphatic carbocycles. The van der Waals surface area contributed by atoms with E-state index in [4.69, 9.17) is 5.11 Å². The van der Waals surface area contributed by atoms with Crippen LogP contribution in [0.3, 0.4) is 0 Å². The van der Waals surface area contributed by atoms with Gasteiger partial charge in [-0.05, 0) is 24.8 Å². The molecule has 1 unspecified atom stereocenters. The number of amides is 2. The van der Waals surface area contributed by atoms with Crippen molar-refractivity contribution >= 4 is 12.0 Å². The van der Waals surface area contributed by atoms with Crippen LogP contribution in [-0.2, 0) is 11.2 Å². The molecule has 0 bridgehead atoms. The number of hydrogen-bond donors (Lipinski definition) is 3. The molecule has 0 saturated carbocycles. The number of hydrogen-bond acceptors (Lipinski definition) is 2. The first-order valence-corrected chi connectivity index (χ1v) is 6.73. The quantitative estimate of drug-likeness (QED) is 0.744. The van der Waals surface area contributed by atoms with Crippen molar-refractivity contribution in [3.05, 3.63) is 35.4 Å². The molecule has 0 saturated heterocycles. The Labute approximate surface area is 119 Å². The van der Waals surface area contributed by atoms with E-state index in [9.17, 15) is 9.59 Å². The van der Waals surface area contributed by atoms with Crippen LogP contribution in [0.25, 0.3) is 0 Å². The van der Waals surface area contributed by atoms with Gasteiger partial charge in [-0.25, -0.2) is 9.59 Å². The molecule has 1 aromatic carbocycles. The highest BCUT2D eigenvalue weighted by Gasteiger charge is 2.22. The van der Waals surface area contributed by atoms with Gasteiger partial charge in [0.2, 0.25) is 0 Å². The highest BCUT2D eigenvalue weighted by molar-refractivity contribution is 5.82. The molecule has 3 N–H and O–H groups in total. The maximum Gasteiger partial charge on any atom is 0.326 e. The summed E-state index contributed by atoms with van der Waals surface area (Å²) < 4.78 is 0. The van der Waals surface area contributed by atoms with E-state index in [2.05, 4.69) is 10.6 Å². The van der Waals surface area contributed by atoms with Crippen molar-refractivity contribution in [3.63, 3.8) is 0 Å². The van der Waals surface area contributed by atoms with Gasteiger partial charge in [0, 0.05) is 6.54 Å². The molecule has 0 aliphatic heterocycles. The molecule has 1 rings (SSSR count). The maximum atomic E-state index is 11.6. The lowest BCUT2D eigenvalue weighted by atomic mass is 10.1. The highest BCUT2D eigenvalue weighted by Crippen LogP contribution is 2.03. The number of aryl methyl sites for hydroxylation is 1. The fourth-order valence-electron chi connectivity index (χ4n) is 1.78. The Morgan fingerprint density at radius 2 is 1.80 bits per heavy atom. The molecule has 5 heteroatoms. The zero-order chi connectivity index (χ0) is 15.1. The van der Waals surface area contributed by atoms with E-state index in [0.29, 0.717) is 13.0 Å². The van der Waals surface area contributed by atoms with Crippen molar-refractivity contribution in [3.8, 4) is 0 Å². The molecule has 0 fully saturated rings. The minimum atomic E-state index is -1.02. The number of carboxylic acid groups (broad SMARTS) is 1. The summed E-state index contributed by atoms with van der Waals surface area (Å²) in [6.45, 7) is 6.00. The average molecular weight is 278 g/mol. The first-order valence-electron chi connectivity index (χ1n) is 6.73. The molecule has 1 atom stereocenters. The van der Waals surface area contributed by atoms with Gasteiger partial charge in [0.05, 0.1) is 0 Å². The van der Waals surface area contributed by atoms with Gasteiger partial charge in [-0.2, -0.15) is 0 Å². The Balaban J connectivity index is 2.36. The first kappa shape index (κ1) is 16.0. The van der Waals surface area contributed by atoms with E-state index in [1.54, 1.807) is 13.8 Å². The molecular formula is C15H22N2O3. The second-order valence-electron chi connectivity index (χ2n) is 5.20. The largest absolute Gasteiger partial charge is 0.480 e. The zero-order valence-corrected chi connectivity index (χ0v) is 12.1. The van der Waals surface area contributed by atoms with E-state index in [-0.39, 0.29) is 5.92 Å². The van der Waals surface area contributed by atoms with E-state index in [1.807, 2.05) is 31.2 Å². The molecular weight excluding hydrogens is 256 g/mol. The molecule has 0 heterocycles. The number of rotatable bonds is 6. The van der Waals surface area contributed by atoms with Crippen LogP contribution in [0.2, 0.25) is 0 Å². The fraction of sp³-hybridized carbons (Fsp3) is 0.467. The highest BCUT2D eigenvalue weighted by atomic mass is 16.4. The molecule has 0 radical (unpaired) electrons. The van der Waals surface area contributed by atoms with E-state index >= 15 is 0 Å². The molecule has 110 valence electrons. The average Bonchev–Trinajstić information content (AvgIpc) is 2.37. The molecule has 0 spiro atoms. The van der Waals surface area contributed by atoms with Crippen molar-refractivity contribution in [1.29, 1.82) is 0 Å². The number of nitrogens with one attached hydrogen (secondary N) is 2. The Morgan fingerprint density at radius 3 is 2.30 bits per heavy atom. The van der Waals surface area contributed by atoms with Crippen LogP contribution in [0.15, 0.2) is 24.3 Å². The van der Waals surface area contributed by atoms with Gasteiger partial charge in [-0.15, -0.1) is 0 Å². The minimum Gasteiger partial charge on any atom is -0.480 e. The van der Waals surface area contributed by atoms with Crippen LogP contribution in [0, 0.1) is 12.8 Å². The second kappa shape index (κ2) is 7.53. The van der Waals surface area contributed by atoms with Gasteiger partial charge in [0.25, 0.3) is 0 Å². The summed E-state index contributed by atoms with van der Waals surface area (Å²) >= 11 is 0. The molecule has 20 heavy (non-hydrogen) atoms. The smallest absolute Gasteiger partial charge is 0.326 e. The van der Waals surface area contributed by atoms with Crippen molar-refractivity contribution in [2.24, 2.45) is 5.92 Å². The molecule has 0 aromatic heterocycles. The number of aliphatic carboxylic acids is 1.